The van der Waals surface area contributed by atoms with Crippen LogP contribution in [0.25, 0.3) is 0 Å². The third-order valence-corrected chi connectivity index (χ3v) is 4.14. The maximum Gasteiger partial charge on any atom is 0.127 e. The number of aryl methyl sites for hydroxylation is 2. The first-order valence-corrected chi connectivity index (χ1v) is 7.14. The molecule has 2 unspecified atom stereocenters. The fourth-order valence-corrected chi connectivity index (χ4v) is 3.11. The smallest absolute Gasteiger partial charge is 0.127 e. The first-order valence-electron chi connectivity index (χ1n) is 6.76. The molecule has 0 aromatic heterocycles. The molecule has 0 amide bonds. The van der Waals surface area contributed by atoms with Gasteiger partial charge in [0.2, 0.25) is 0 Å². The van der Waals surface area contributed by atoms with Crippen LogP contribution in [-0.2, 0) is 0 Å². The average Bonchev–Trinajstić information content (AvgIpc) is 2.39. The highest BCUT2D eigenvalue weighted by Crippen LogP contribution is 2.43. The molecule has 104 valence electrons. The van der Waals surface area contributed by atoms with E-state index in [1.807, 2.05) is 12.1 Å². The summed E-state index contributed by atoms with van der Waals surface area (Å²) in [5, 5.41) is 11.0. The number of fused-ring (bicyclic) bond motifs is 1. The molecule has 0 radical (unpaired) electrons. The van der Waals surface area contributed by atoms with Crippen LogP contribution in [-0.4, -0.2) is 5.11 Å². The zero-order chi connectivity index (χ0) is 14.3. The molecule has 1 aliphatic rings. The van der Waals surface area contributed by atoms with Crippen molar-refractivity contribution in [1.29, 1.82) is 0 Å². The molecule has 1 N–H and O–H groups in total. The Hall–Kier alpha value is -1.51. The Balaban J connectivity index is 2.01. The van der Waals surface area contributed by atoms with Gasteiger partial charge < -0.3 is 9.84 Å². The van der Waals surface area contributed by atoms with Gasteiger partial charge in [-0.05, 0) is 48.7 Å². The van der Waals surface area contributed by atoms with Crippen molar-refractivity contribution in [2.75, 3.05) is 0 Å². The topological polar surface area (TPSA) is 29.5 Å². The molecule has 3 heteroatoms. The van der Waals surface area contributed by atoms with Crippen LogP contribution in [0.2, 0.25) is 5.02 Å². The quantitative estimate of drug-likeness (QED) is 0.836. The predicted molar refractivity (Wildman–Crippen MR) is 80.3 cm³/mol. The molecule has 0 fully saturated rings. The molecule has 0 bridgehead atoms. The van der Waals surface area contributed by atoms with E-state index in [1.165, 1.54) is 16.7 Å². The van der Waals surface area contributed by atoms with Crippen molar-refractivity contribution in [3.8, 4) is 5.75 Å². The van der Waals surface area contributed by atoms with Crippen molar-refractivity contribution in [1.82, 2.24) is 0 Å². The van der Waals surface area contributed by atoms with Gasteiger partial charge in [0.25, 0.3) is 0 Å². The van der Waals surface area contributed by atoms with E-state index in [9.17, 15) is 5.11 Å². The first kappa shape index (κ1) is 13.5. The fourth-order valence-electron chi connectivity index (χ4n) is 2.93. The molecule has 2 aromatic carbocycles. The summed E-state index contributed by atoms with van der Waals surface area (Å²) in [4.78, 5) is 0. The normalized spacial score (nSPS) is 21.2. The summed E-state index contributed by atoms with van der Waals surface area (Å²) in [6.45, 7) is 4.16. The van der Waals surface area contributed by atoms with Crippen molar-refractivity contribution < 1.29 is 9.84 Å². The van der Waals surface area contributed by atoms with Crippen molar-refractivity contribution >= 4 is 11.6 Å². The Kier molecular flexibility index (Phi) is 3.45. The van der Waals surface area contributed by atoms with Crippen molar-refractivity contribution in [3.63, 3.8) is 0 Å². The second-order valence-electron chi connectivity index (χ2n) is 5.35. The Morgan fingerprint density at radius 2 is 1.85 bits per heavy atom. The van der Waals surface area contributed by atoms with Crippen LogP contribution >= 0.6 is 11.6 Å². The second-order valence-corrected chi connectivity index (χ2v) is 5.78. The van der Waals surface area contributed by atoms with Crippen molar-refractivity contribution in [2.24, 2.45) is 0 Å². The molecule has 2 nitrogen and oxygen atoms in total. The monoisotopic (exact) mass is 288 g/mol. The highest BCUT2D eigenvalue weighted by Gasteiger charge is 2.29. The zero-order valence-corrected chi connectivity index (χ0v) is 12.3. The summed E-state index contributed by atoms with van der Waals surface area (Å²) in [6, 6.07) is 11.6. The lowest BCUT2D eigenvalue weighted by Crippen LogP contribution is -2.20. The first-order chi connectivity index (χ1) is 9.56. The van der Waals surface area contributed by atoms with E-state index in [2.05, 4.69) is 26.0 Å². The van der Waals surface area contributed by atoms with Crippen LogP contribution in [0.15, 0.2) is 36.4 Å². The van der Waals surface area contributed by atoms with Gasteiger partial charge in [-0.15, -0.1) is 0 Å². The fraction of sp³-hybridized carbons (Fsp3) is 0.294. The summed E-state index contributed by atoms with van der Waals surface area (Å²) in [5.41, 5.74) is 4.34. The maximum absolute atomic E-state index is 10.4. The van der Waals surface area contributed by atoms with Crippen LogP contribution in [0.1, 0.15) is 40.9 Å². The third-order valence-electron chi connectivity index (χ3n) is 3.90. The van der Waals surface area contributed by atoms with Gasteiger partial charge in [-0.25, -0.2) is 0 Å². The molecule has 3 rings (SSSR count). The lowest BCUT2D eigenvalue weighted by atomic mass is 9.90. The summed E-state index contributed by atoms with van der Waals surface area (Å²) in [6.07, 6.45) is -0.0969. The van der Waals surface area contributed by atoms with E-state index >= 15 is 0 Å². The minimum absolute atomic E-state index is 0.111. The number of ether oxygens (including phenoxy) is 1. The predicted octanol–water partition coefficient (Wildman–Crippen LogP) is 4.51. The molecule has 0 spiro atoms. The minimum atomic E-state index is -0.540. The van der Waals surface area contributed by atoms with E-state index in [0.717, 1.165) is 11.3 Å². The summed E-state index contributed by atoms with van der Waals surface area (Å²) >= 11 is 5.98. The molecule has 2 aromatic rings. The molecule has 1 heterocycles. The summed E-state index contributed by atoms with van der Waals surface area (Å²) in [5.74, 6) is 0.723. The number of aliphatic hydroxyl groups is 1. The van der Waals surface area contributed by atoms with Crippen LogP contribution in [0, 0.1) is 13.8 Å². The Bertz CT molecular complexity index is 631. The van der Waals surface area contributed by atoms with E-state index < -0.39 is 6.10 Å². The Morgan fingerprint density at radius 1 is 1.15 bits per heavy atom. The molecule has 0 aliphatic carbocycles. The average molecular weight is 289 g/mol. The molecule has 1 aliphatic heterocycles. The second kappa shape index (κ2) is 5.12. The van der Waals surface area contributed by atoms with Gasteiger partial charge in [0, 0.05) is 17.0 Å². The molecular formula is C17H17ClO2. The summed E-state index contributed by atoms with van der Waals surface area (Å²) < 4.78 is 6.09. The lowest BCUT2D eigenvalue weighted by Gasteiger charge is -2.31. The zero-order valence-electron chi connectivity index (χ0n) is 11.6. The molecule has 0 saturated heterocycles. The van der Waals surface area contributed by atoms with Crippen LogP contribution < -0.4 is 4.74 Å². The van der Waals surface area contributed by atoms with E-state index in [0.29, 0.717) is 11.4 Å². The standard InChI is InChI=1S/C17H17ClO2/c1-10-4-3-5-11(2)17(10)16-9-14(19)13-8-12(18)6-7-15(13)20-16/h3-8,14,16,19H,9H2,1-2H3. The van der Waals surface area contributed by atoms with Crippen molar-refractivity contribution in [2.45, 2.75) is 32.5 Å². The van der Waals surface area contributed by atoms with Crippen LogP contribution in [0.5, 0.6) is 5.75 Å². The van der Waals surface area contributed by atoms with Crippen LogP contribution in [0.4, 0.5) is 0 Å². The van der Waals surface area contributed by atoms with Crippen LogP contribution in [0.3, 0.4) is 0 Å². The number of benzene rings is 2. The molecule has 2 atom stereocenters. The number of aliphatic hydroxyl groups excluding tert-OH is 1. The molecule has 20 heavy (non-hydrogen) atoms. The Labute approximate surface area is 124 Å². The van der Waals surface area contributed by atoms with Crippen molar-refractivity contribution in [3.05, 3.63) is 63.7 Å². The van der Waals surface area contributed by atoms with E-state index in [1.54, 1.807) is 12.1 Å². The highest BCUT2D eigenvalue weighted by molar-refractivity contribution is 6.30. The van der Waals surface area contributed by atoms with Gasteiger partial charge in [0.05, 0.1) is 6.10 Å². The van der Waals surface area contributed by atoms with Gasteiger partial charge in [-0.2, -0.15) is 0 Å². The lowest BCUT2D eigenvalue weighted by molar-refractivity contribution is 0.0652. The SMILES string of the molecule is Cc1cccc(C)c1C1CC(O)c2cc(Cl)ccc2O1. The van der Waals surface area contributed by atoms with Gasteiger partial charge in [-0.1, -0.05) is 29.8 Å². The highest BCUT2D eigenvalue weighted by atomic mass is 35.5. The van der Waals surface area contributed by atoms with Gasteiger partial charge in [0.15, 0.2) is 0 Å². The maximum atomic E-state index is 10.4. The largest absolute Gasteiger partial charge is 0.485 e. The number of rotatable bonds is 1. The molecular weight excluding hydrogens is 272 g/mol. The third kappa shape index (κ3) is 2.30. The van der Waals surface area contributed by atoms with E-state index in [-0.39, 0.29) is 6.10 Å². The number of halogens is 1. The Morgan fingerprint density at radius 3 is 2.55 bits per heavy atom. The minimum Gasteiger partial charge on any atom is -0.485 e. The van der Waals surface area contributed by atoms with Gasteiger partial charge in [0.1, 0.15) is 11.9 Å². The van der Waals surface area contributed by atoms with Gasteiger partial charge >= 0.3 is 0 Å². The molecule has 0 saturated carbocycles. The van der Waals surface area contributed by atoms with Gasteiger partial charge in [-0.3, -0.25) is 0 Å². The van der Waals surface area contributed by atoms with E-state index in [4.69, 9.17) is 16.3 Å². The number of hydrogen-bond acceptors (Lipinski definition) is 2. The number of hydrogen-bond donors (Lipinski definition) is 1. The summed E-state index contributed by atoms with van der Waals surface area (Å²) in [7, 11) is 0.